The van der Waals surface area contributed by atoms with E-state index in [0.29, 0.717) is 6.42 Å². The molecule has 5 rings (SSSR count). The molecule has 1 aliphatic carbocycles. The van der Waals surface area contributed by atoms with Crippen molar-refractivity contribution in [1.82, 2.24) is 19.7 Å². The number of ether oxygens (including phenoxy) is 1. The Morgan fingerprint density at radius 1 is 1.17 bits per heavy atom. The van der Waals surface area contributed by atoms with Crippen molar-refractivity contribution in [2.24, 2.45) is 11.3 Å². The molecule has 1 amide bonds. The number of aryl methyl sites for hydroxylation is 1. The first-order chi connectivity index (χ1) is 14.2. The number of amides is 1. The second-order valence-electron chi connectivity index (χ2n) is 9.07. The van der Waals surface area contributed by atoms with E-state index < -0.39 is 0 Å². The van der Waals surface area contributed by atoms with Gasteiger partial charge in [-0.05, 0) is 43.6 Å². The Kier molecular flexibility index (Phi) is 5.12. The topological polar surface area (TPSA) is 60.2 Å². The summed E-state index contributed by atoms with van der Waals surface area (Å²) in [7, 11) is 0. The van der Waals surface area contributed by atoms with Gasteiger partial charge in [0, 0.05) is 50.6 Å². The zero-order chi connectivity index (χ0) is 19.7. The first kappa shape index (κ1) is 18.8. The van der Waals surface area contributed by atoms with Gasteiger partial charge in [-0.25, -0.2) is 0 Å². The van der Waals surface area contributed by atoms with Crippen molar-refractivity contribution in [3.63, 3.8) is 0 Å². The summed E-state index contributed by atoms with van der Waals surface area (Å²) in [6, 6.07) is 10.3. The van der Waals surface area contributed by atoms with Gasteiger partial charge in [0.25, 0.3) is 0 Å². The Bertz CT molecular complexity index is 840. The summed E-state index contributed by atoms with van der Waals surface area (Å²) in [5.41, 5.74) is 1.30. The molecule has 2 aliphatic heterocycles. The van der Waals surface area contributed by atoms with Gasteiger partial charge in [-0.15, -0.1) is 10.2 Å². The van der Waals surface area contributed by atoms with Gasteiger partial charge in [0.05, 0.1) is 0 Å². The Morgan fingerprint density at radius 3 is 2.72 bits per heavy atom. The fraction of sp³-hybridized carbons (Fsp3) is 0.609. The molecule has 3 fully saturated rings. The highest BCUT2D eigenvalue weighted by molar-refractivity contribution is 5.77. The summed E-state index contributed by atoms with van der Waals surface area (Å²) < 4.78 is 7.94. The Balaban J connectivity index is 1.33. The van der Waals surface area contributed by atoms with Crippen molar-refractivity contribution >= 4 is 5.91 Å². The third kappa shape index (κ3) is 3.95. The van der Waals surface area contributed by atoms with Gasteiger partial charge in [0.15, 0.2) is 0 Å². The van der Waals surface area contributed by atoms with E-state index in [4.69, 9.17) is 4.74 Å². The summed E-state index contributed by atoms with van der Waals surface area (Å²) in [5, 5.41) is 8.80. The van der Waals surface area contributed by atoms with Crippen molar-refractivity contribution < 1.29 is 9.53 Å². The molecule has 1 saturated carbocycles. The summed E-state index contributed by atoms with van der Waals surface area (Å²) in [6.07, 6.45) is 7.87. The molecule has 2 aromatic rings. The van der Waals surface area contributed by atoms with Crippen molar-refractivity contribution in [2.45, 2.75) is 51.0 Å². The van der Waals surface area contributed by atoms with Crippen LogP contribution in [0, 0.1) is 11.3 Å². The summed E-state index contributed by atoms with van der Waals surface area (Å²) in [6.45, 7) is 4.16. The summed E-state index contributed by atoms with van der Waals surface area (Å²) in [4.78, 5) is 15.2. The Morgan fingerprint density at radius 2 is 1.97 bits per heavy atom. The lowest BCUT2D eigenvalue weighted by Crippen LogP contribution is -2.38. The first-order valence-corrected chi connectivity index (χ1v) is 11.0. The van der Waals surface area contributed by atoms with E-state index >= 15 is 0 Å². The van der Waals surface area contributed by atoms with E-state index in [-0.39, 0.29) is 17.2 Å². The molecular weight excluding hydrogens is 364 g/mol. The number of rotatable bonds is 6. The number of likely N-dealkylation sites (tertiary alicyclic amines) is 1. The molecule has 154 valence electrons. The predicted molar refractivity (Wildman–Crippen MR) is 109 cm³/mol. The minimum Gasteiger partial charge on any atom is -0.381 e. The number of carbonyl (C=O) groups excluding carboxylic acids is 1. The van der Waals surface area contributed by atoms with Gasteiger partial charge >= 0.3 is 0 Å². The largest absolute Gasteiger partial charge is 0.381 e. The van der Waals surface area contributed by atoms with Crippen LogP contribution in [0.2, 0.25) is 0 Å². The average molecular weight is 395 g/mol. The molecular formula is C23H30N4O2. The molecule has 1 atom stereocenters. The number of hydrogen-bond donors (Lipinski definition) is 0. The smallest absolute Gasteiger partial charge is 0.222 e. The number of nitrogens with zero attached hydrogens (tertiary/aromatic N) is 4. The lowest BCUT2D eigenvalue weighted by Gasteiger charge is -2.37. The zero-order valence-electron chi connectivity index (χ0n) is 17.0. The highest BCUT2D eigenvalue weighted by atomic mass is 16.5. The molecule has 2 saturated heterocycles. The van der Waals surface area contributed by atoms with Crippen LogP contribution < -0.4 is 0 Å². The highest BCUT2D eigenvalue weighted by Crippen LogP contribution is 2.49. The van der Waals surface area contributed by atoms with Crippen LogP contribution >= 0.6 is 0 Å². The molecule has 1 aromatic heterocycles. The molecule has 29 heavy (non-hydrogen) atoms. The minimum absolute atomic E-state index is 0.0784. The maximum absolute atomic E-state index is 13.1. The number of carbonyl (C=O) groups is 1. The molecule has 1 aromatic carbocycles. The van der Waals surface area contributed by atoms with Gasteiger partial charge in [-0.1, -0.05) is 30.3 Å². The number of benzene rings is 1. The first-order valence-electron chi connectivity index (χ1n) is 11.0. The summed E-state index contributed by atoms with van der Waals surface area (Å²) >= 11 is 0. The standard InChI is InChI=1S/C23H30N4O2/c28-21(9-8-18-4-2-1-3-5-18)26-15-20(23(16-26)10-12-29-13-11-23)22-25-24-17-27(22)14-19-6-7-19/h1-5,17,19-20H,6-16H2. The van der Waals surface area contributed by atoms with Crippen molar-refractivity contribution in [3.05, 3.63) is 48.0 Å². The minimum atomic E-state index is 0.0784. The molecule has 0 bridgehead atoms. The molecule has 1 unspecified atom stereocenters. The van der Waals surface area contributed by atoms with Gasteiger partial charge in [0.1, 0.15) is 12.2 Å². The second kappa shape index (κ2) is 7.90. The fourth-order valence-corrected chi connectivity index (χ4v) is 5.11. The van der Waals surface area contributed by atoms with Crippen LogP contribution in [0.5, 0.6) is 0 Å². The van der Waals surface area contributed by atoms with Crippen molar-refractivity contribution in [3.8, 4) is 0 Å². The highest BCUT2D eigenvalue weighted by Gasteiger charge is 2.51. The lowest BCUT2D eigenvalue weighted by molar-refractivity contribution is -0.130. The van der Waals surface area contributed by atoms with Crippen LogP contribution in [-0.4, -0.2) is 51.9 Å². The average Bonchev–Trinajstić information content (AvgIpc) is 3.34. The van der Waals surface area contributed by atoms with E-state index in [1.807, 2.05) is 24.5 Å². The lowest BCUT2D eigenvalue weighted by atomic mass is 9.71. The monoisotopic (exact) mass is 394 g/mol. The number of aromatic nitrogens is 3. The van der Waals surface area contributed by atoms with Crippen LogP contribution in [0.25, 0.3) is 0 Å². The molecule has 3 heterocycles. The van der Waals surface area contributed by atoms with E-state index in [0.717, 1.165) is 63.9 Å². The molecule has 0 radical (unpaired) electrons. The molecule has 0 N–H and O–H groups in total. The van der Waals surface area contributed by atoms with Gasteiger partial charge in [0.2, 0.25) is 5.91 Å². The van der Waals surface area contributed by atoms with E-state index in [1.54, 1.807) is 0 Å². The predicted octanol–water partition coefficient (Wildman–Crippen LogP) is 3.04. The van der Waals surface area contributed by atoms with Gasteiger partial charge < -0.3 is 14.2 Å². The third-order valence-corrected chi connectivity index (χ3v) is 7.07. The van der Waals surface area contributed by atoms with Crippen molar-refractivity contribution in [2.75, 3.05) is 26.3 Å². The van der Waals surface area contributed by atoms with Crippen LogP contribution in [0.3, 0.4) is 0 Å². The van der Waals surface area contributed by atoms with Crippen LogP contribution in [0.15, 0.2) is 36.7 Å². The second-order valence-corrected chi connectivity index (χ2v) is 9.07. The maximum atomic E-state index is 13.1. The molecule has 6 heteroatoms. The Labute approximate surface area is 172 Å². The normalized spacial score (nSPS) is 23.6. The fourth-order valence-electron chi connectivity index (χ4n) is 5.11. The van der Waals surface area contributed by atoms with Crippen LogP contribution in [0.4, 0.5) is 0 Å². The van der Waals surface area contributed by atoms with Crippen LogP contribution in [0.1, 0.15) is 49.4 Å². The van der Waals surface area contributed by atoms with E-state index in [2.05, 4.69) is 31.8 Å². The molecule has 3 aliphatic rings. The maximum Gasteiger partial charge on any atom is 0.222 e. The van der Waals surface area contributed by atoms with Gasteiger partial charge in [-0.2, -0.15) is 0 Å². The zero-order valence-corrected chi connectivity index (χ0v) is 17.0. The van der Waals surface area contributed by atoms with Crippen molar-refractivity contribution in [1.29, 1.82) is 0 Å². The van der Waals surface area contributed by atoms with E-state index in [1.165, 1.54) is 18.4 Å². The van der Waals surface area contributed by atoms with Crippen LogP contribution in [-0.2, 0) is 22.5 Å². The summed E-state index contributed by atoms with van der Waals surface area (Å²) in [5.74, 6) is 2.38. The number of hydrogen-bond acceptors (Lipinski definition) is 4. The van der Waals surface area contributed by atoms with E-state index in [9.17, 15) is 4.79 Å². The molecule has 1 spiro atoms. The SMILES string of the molecule is O=C(CCc1ccccc1)N1CC(c2nncn2CC2CC2)C2(CCOCC2)C1. The quantitative estimate of drug-likeness (QED) is 0.756. The molecule has 6 nitrogen and oxygen atoms in total. The third-order valence-electron chi connectivity index (χ3n) is 7.07. The van der Waals surface area contributed by atoms with Gasteiger partial charge in [-0.3, -0.25) is 4.79 Å². The Hall–Kier alpha value is -2.21.